The van der Waals surface area contributed by atoms with Crippen LogP contribution in [-0.2, 0) is 24.4 Å². The maximum atomic E-state index is 13.2. The van der Waals surface area contributed by atoms with Gasteiger partial charge in [0.15, 0.2) is 12.0 Å². The summed E-state index contributed by atoms with van der Waals surface area (Å²) in [7, 11) is 3.03. The first kappa shape index (κ1) is 18.1. The minimum atomic E-state index is -1.02. The highest BCUT2D eigenvalue weighted by atomic mass is 16.7. The SMILES string of the molecule is CC=C1CN([O-])[C@@H]2C[C@H]1[C@@H](C(=O)OC)[C@@]13C[C@@H](OC)O[C@@]21Nc1ccccc13. The number of carbonyl (C=O) groups is 1. The number of carbonyl (C=O) groups excluding carboxylic acids is 1. The lowest BCUT2D eigenvalue weighted by Crippen LogP contribution is -2.72. The average molecular weight is 385 g/mol. The number of piperidine rings is 1. The topological polar surface area (TPSA) is 83.1 Å². The summed E-state index contributed by atoms with van der Waals surface area (Å²) in [6.07, 6.45) is 2.51. The van der Waals surface area contributed by atoms with Gasteiger partial charge in [-0.05, 0) is 30.9 Å². The fourth-order valence-corrected chi connectivity index (χ4v) is 6.29. The van der Waals surface area contributed by atoms with Gasteiger partial charge >= 0.3 is 5.97 Å². The molecule has 28 heavy (non-hydrogen) atoms. The van der Waals surface area contributed by atoms with Gasteiger partial charge in [-0.2, -0.15) is 0 Å². The van der Waals surface area contributed by atoms with E-state index in [-0.39, 0.29) is 18.4 Å². The summed E-state index contributed by atoms with van der Waals surface area (Å²) in [6, 6.07) is 7.51. The standard InChI is InChI=1S/C21H25N2O5/c1-4-12-11-23(25)16-9-13(12)18(19(24)27-3)20-10-17(26-2)28-21(16,20)22-15-8-6-5-7-14(15)20/h4-8,13,16-18,22H,9-11H2,1-3H3/q-1/t13-,16-,17+,18+,20+,21+/m1/s1. The second kappa shape index (κ2) is 6.03. The highest BCUT2D eigenvalue weighted by Gasteiger charge is 2.77. The Kier molecular flexibility index (Phi) is 3.90. The van der Waals surface area contributed by atoms with E-state index in [0.29, 0.717) is 12.8 Å². The van der Waals surface area contributed by atoms with E-state index in [2.05, 4.69) is 5.32 Å². The van der Waals surface area contributed by atoms with Gasteiger partial charge in [-0.3, -0.25) is 4.79 Å². The molecule has 0 amide bonds. The molecule has 0 radical (unpaired) electrons. The van der Waals surface area contributed by atoms with E-state index >= 15 is 0 Å². The number of rotatable bonds is 2. The Labute approximate surface area is 164 Å². The van der Waals surface area contributed by atoms with E-state index in [9.17, 15) is 10.0 Å². The summed E-state index contributed by atoms with van der Waals surface area (Å²) >= 11 is 0. The number of nitrogens with one attached hydrogen (secondary N) is 1. The van der Waals surface area contributed by atoms with Gasteiger partial charge in [-0.15, -0.1) is 0 Å². The van der Waals surface area contributed by atoms with Crippen molar-refractivity contribution >= 4 is 11.7 Å². The van der Waals surface area contributed by atoms with Crippen LogP contribution in [0.4, 0.5) is 5.69 Å². The van der Waals surface area contributed by atoms with Crippen molar-refractivity contribution in [2.24, 2.45) is 11.8 Å². The molecular weight excluding hydrogens is 360 g/mol. The van der Waals surface area contributed by atoms with Crippen LogP contribution in [0.15, 0.2) is 35.9 Å². The predicted molar refractivity (Wildman–Crippen MR) is 102 cm³/mol. The van der Waals surface area contributed by atoms with Gasteiger partial charge in [0.2, 0.25) is 0 Å². The molecule has 1 saturated carbocycles. The van der Waals surface area contributed by atoms with Crippen molar-refractivity contribution in [3.63, 3.8) is 0 Å². The molecule has 150 valence electrons. The summed E-state index contributed by atoms with van der Waals surface area (Å²) in [4.78, 5) is 13.2. The zero-order chi connectivity index (χ0) is 19.7. The van der Waals surface area contributed by atoms with Crippen molar-refractivity contribution in [1.29, 1.82) is 0 Å². The number of esters is 1. The van der Waals surface area contributed by atoms with Crippen molar-refractivity contribution in [1.82, 2.24) is 5.06 Å². The molecule has 0 unspecified atom stereocenters. The second-order valence-corrected chi connectivity index (χ2v) is 8.16. The molecule has 3 aliphatic heterocycles. The molecule has 7 nitrogen and oxygen atoms in total. The maximum Gasteiger partial charge on any atom is 0.310 e. The largest absolute Gasteiger partial charge is 0.785 e. The number of ether oxygens (including phenoxy) is 3. The van der Waals surface area contributed by atoms with Crippen LogP contribution in [0.5, 0.6) is 0 Å². The van der Waals surface area contributed by atoms with Crippen LogP contribution in [0.3, 0.4) is 0 Å². The van der Waals surface area contributed by atoms with Gasteiger partial charge in [0.05, 0.1) is 18.4 Å². The number of nitrogens with zero attached hydrogens (tertiary/aromatic N) is 1. The van der Waals surface area contributed by atoms with E-state index < -0.39 is 29.4 Å². The lowest BCUT2D eigenvalue weighted by atomic mass is 9.51. The van der Waals surface area contributed by atoms with Crippen LogP contribution in [0.25, 0.3) is 0 Å². The Morgan fingerprint density at radius 3 is 2.89 bits per heavy atom. The summed E-state index contributed by atoms with van der Waals surface area (Å²) in [5.41, 5.74) is 1.16. The van der Waals surface area contributed by atoms with Crippen molar-refractivity contribution in [3.05, 3.63) is 46.7 Å². The second-order valence-electron chi connectivity index (χ2n) is 8.16. The molecule has 5 rings (SSSR count). The fourth-order valence-electron chi connectivity index (χ4n) is 6.29. The highest BCUT2D eigenvalue weighted by molar-refractivity contribution is 5.81. The van der Waals surface area contributed by atoms with Gasteiger partial charge < -0.3 is 29.8 Å². The highest BCUT2D eigenvalue weighted by Crippen LogP contribution is 2.68. The van der Waals surface area contributed by atoms with E-state index in [1.807, 2.05) is 37.3 Å². The van der Waals surface area contributed by atoms with Crippen LogP contribution in [0.1, 0.15) is 25.3 Å². The van der Waals surface area contributed by atoms with Crippen LogP contribution in [0.2, 0.25) is 0 Å². The fraction of sp³-hybridized carbons (Fsp3) is 0.571. The summed E-state index contributed by atoms with van der Waals surface area (Å²) in [6.45, 7) is 2.21. The molecule has 2 bridgehead atoms. The molecule has 1 aliphatic carbocycles. The zero-order valence-corrected chi connectivity index (χ0v) is 16.3. The third kappa shape index (κ3) is 1.95. The normalized spacial score (nSPS) is 42.5. The monoisotopic (exact) mass is 385 g/mol. The Morgan fingerprint density at radius 2 is 2.18 bits per heavy atom. The maximum absolute atomic E-state index is 13.2. The van der Waals surface area contributed by atoms with Crippen molar-refractivity contribution in [2.45, 2.75) is 43.2 Å². The number of hydroxylamine groups is 2. The summed E-state index contributed by atoms with van der Waals surface area (Å²) in [5, 5.41) is 17.8. The quantitative estimate of drug-likeness (QED) is 0.618. The van der Waals surface area contributed by atoms with Crippen molar-refractivity contribution in [3.8, 4) is 0 Å². The minimum absolute atomic E-state index is 0.0621. The zero-order valence-electron chi connectivity index (χ0n) is 16.3. The van der Waals surface area contributed by atoms with Gasteiger partial charge in [0, 0.05) is 31.8 Å². The first-order chi connectivity index (χ1) is 13.5. The number of hydrogen-bond donors (Lipinski definition) is 1. The Balaban J connectivity index is 1.81. The number of hydrogen-bond acceptors (Lipinski definition) is 7. The van der Waals surface area contributed by atoms with Gasteiger partial charge in [0.25, 0.3) is 0 Å². The van der Waals surface area contributed by atoms with Crippen LogP contribution in [-0.4, -0.2) is 49.9 Å². The van der Waals surface area contributed by atoms with Crippen molar-refractivity contribution in [2.75, 3.05) is 26.1 Å². The number of para-hydroxylation sites is 1. The number of fused-ring (bicyclic) bond motifs is 3. The summed E-state index contributed by atoms with van der Waals surface area (Å²) < 4.78 is 17.4. The molecule has 6 atom stereocenters. The number of anilines is 1. The summed E-state index contributed by atoms with van der Waals surface area (Å²) in [5.74, 6) is -0.775. The third-order valence-electron chi connectivity index (χ3n) is 7.33. The minimum Gasteiger partial charge on any atom is -0.785 e. The smallest absolute Gasteiger partial charge is 0.310 e. The van der Waals surface area contributed by atoms with E-state index in [1.54, 1.807) is 7.11 Å². The van der Waals surface area contributed by atoms with E-state index in [0.717, 1.165) is 21.9 Å². The first-order valence-electron chi connectivity index (χ1n) is 9.77. The average Bonchev–Trinajstić information content (AvgIpc) is 3.19. The van der Waals surface area contributed by atoms with Crippen LogP contribution >= 0.6 is 0 Å². The third-order valence-corrected chi connectivity index (χ3v) is 7.33. The van der Waals surface area contributed by atoms with E-state index in [4.69, 9.17) is 14.2 Å². The molecule has 4 aliphatic rings. The number of allylic oxidation sites excluding steroid dienone is 1. The lowest BCUT2D eigenvalue weighted by Gasteiger charge is -2.62. The van der Waals surface area contributed by atoms with Crippen molar-refractivity contribution < 1.29 is 19.0 Å². The number of benzene rings is 1. The molecule has 0 spiro atoms. The first-order valence-corrected chi connectivity index (χ1v) is 9.77. The molecule has 7 heteroatoms. The lowest BCUT2D eigenvalue weighted by molar-refractivity contribution is -0.195. The Hall–Kier alpha value is -1.93. The molecule has 2 saturated heterocycles. The Bertz CT molecular complexity index is 857. The molecule has 3 heterocycles. The molecule has 3 fully saturated rings. The number of methoxy groups -OCH3 is 2. The molecule has 1 aromatic carbocycles. The van der Waals surface area contributed by atoms with Crippen LogP contribution in [0, 0.1) is 17.0 Å². The van der Waals surface area contributed by atoms with Crippen LogP contribution < -0.4 is 5.32 Å². The van der Waals surface area contributed by atoms with Gasteiger partial charge in [-0.25, -0.2) is 0 Å². The molecule has 1 N–H and O–H groups in total. The van der Waals surface area contributed by atoms with Gasteiger partial charge in [0.1, 0.15) is 0 Å². The molecule has 0 aromatic heterocycles. The predicted octanol–water partition coefficient (Wildman–Crippen LogP) is 2.38. The molecular formula is C21H25N2O5-. The van der Waals surface area contributed by atoms with E-state index in [1.165, 1.54) is 7.11 Å². The van der Waals surface area contributed by atoms with Gasteiger partial charge in [-0.1, -0.05) is 29.8 Å². The Morgan fingerprint density at radius 1 is 1.39 bits per heavy atom. The molecule has 1 aromatic rings.